The summed E-state index contributed by atoms with van der Waals surface area (Å²) in [6.45, 7) is 7.86. The number of aromatic nitrogens is 3. The summed E-state index contributed by atoms with van der Waals surface area (Å²) in [6, 6.07) is 6.52. The highest BCUT2D eigenvalue weighted by molar-refractivity contribution is 6.76. The van der Waals surface area contributed by atoms with Crippen LogP contribution in [0.1, 0.15) is 10.4 Å². The van der Waals surface area contributed by atoms with Crippen molar-refractivity contribution >= 4 is 25.6 Å². The summed E-state index contributed by atoms with van der Waals surface area (Å²) >= 11 is 0. The summed E-state index contributed by atoms with van der Waals surface area (Å²) in [7, 11) is -1.12. The molecule has 0 bridgehead atoms. The average Bonchev–Trinajstić information content (AvgIpc) is 2.87. The summed E-state index contributed by atoms with van der Waals surface area (Å²) < 4.78 is 7.20. The van der Waals surface area contributed by atoms with Crippen LogP contribution in [-0.2, 0) is 11.5 Å². The maximum Gasteiger partial charge on any atom is 0.254 e. The fourth-order valence-corrected chi connectivity index (χ4v) is 2.61. The number of carbonyl (C=O) groups excluding carboxylic acids is 1. The Hall–Kier alpha value is -2.19. The van der Waals surface area contributed by atoms with Crippen molar-refractivity contribution in [1.82, 2.24) is 14.8 Å². The van der Waals surface area contributed by atoms with Crippen LogP contribution >= 0.6 is 0 Å². The minimum atomic E-state index is -1.12. The number of pyridine rings is 1. The number of anilines is 2. The Kier molecular flexibility index (Phi) is 5.51. The van der Waals surface area contributed by atoms with Crippen LogP contribution in [0.4, 0.5) is 11.6 Å². The SMILES string of the molecule is C[Si](C)(C)CCOCn1cc(C(N)=O)c(Nc2ccccn2)n1. The fraction of sp³-hybridized carbons (Fsp3) is 0.400. The van der Waals surface area contributed by atoms with Crippen molar-refractivity contribution in [3.63, 3.8) is 0 Å². The lowest BCUT2D eigenvalue weighted by Gasteiger charge is -2.15. The van der Waals surface area contributed by atoms with Crippen LogP contribution < -0.4 is 11.1 Å². The molecule has 0 radical (unpaired) electrons. The van der Waals surface area contributed by atoms with Crippen LogP contribution in [0.25, 0.3) is 0 Å². The molecule has 7 nitrogen and oxygen atoms in total. The van der Waals surface area contributed by atoms with E-state index >= 15 is 0 Å². The number of carbonyl (C=O) groups is 1. The molecule has 23 heavy (non-hydrogen) atoms. The van der Waals surface area contributed by atoms with Gasteiger partial charge in [0.05, 0.1) is 0 Å². The number of amides is 1. The lowest BCUT2D eigenvalue weighted by molar-refractivity contribution is 0.0786. The number of rotatable bonds is 8. The van der Waals surface area contributed by atoms with Gasteiger partial charge in [0.2, 0.25) is 0 Å². The van der Waals surface area contributed by atoms with Gasteiger partial charge in [-0.15, -0.1) is 0 Å². The van der Waals surface area contributed by atoms with Gasteiger partial charge in [0.25, 0.3) is 5.91 Å². The van der Waals surface area contributed by atoms with E-state index in [0.717, 1.165) is 6.04 Å². The van der Waals surface area contributed by atoms with Crippen LogP contribution in [-0.4, -0.2) is 35.4 Å². The summed E-state index contributed by atoms with van der Waals surface area (Å²) in [5, 5.41) is 7.31. The minimum Gasteiger partial charge on any atom is -0.365 e. The maximum absolute atomic E-state index is 11.6. The maximum atomic E-state index is 11.6. The molecule has 0 atom stereocenters. The third-order valence-electron chi connectivity index (χ3n) is 3.16. The fourth-order valence-electron chi connectivity index (χ4n) is 1.85. The zero-order chi connectivity index (χ0) is 16.9. The highest BCUT2D eigenvalue weighted by Crippen LogP contribution is 2.17. The Balaban J connectivity index is 2.02. The van der Waals surface area contributed by atoms with Gasteiger partial charge in [-0.2, -0.15) is 5.10 Å². The molecule has 3 N–H and O–H groups in total. The molecule has 0 fully saturated rings. The van der Waals surface area contributed by atoms with Crippen LogP contribution in [0.2, 0.25) is 25.7 Å². The molecule has 0 aliphatic carbocycles. The molecule has 2 rings (SSSR count). The molecule has 0 spiro atoms. The van der Waals surface area contributed by atoms with Crippen molar-refractivity contribution in [3.05, 3.63) is 36.2 Å². The second-order valence-corrected chi connectivity index (χ2v) is 12.1. The number of ether oxygens (including phenoxy) is 1. The van der Waals surface area contributed by atoms with Crippen LogP contribution in [0, 0.1) is 0 Å². The van der Waals surface area contributed by atoms with Crippen molar-refractivity contribution in [1.29, 1.82) is 0 Å². The Bertz CT molecular complexity index is 652. The van der Waals surface area contributed by atoms with Crippen molar-refractivity contribution in [2.24, 2.45) is 5.73 Å². The van der Waals surface area contributed by atoms with Gasteiger partial charge >= 0.3 is 0 Å². The summed E-state index contributed by atoms with van der Waals surface area (Å²) in [6.07, 6.45) is 3.24. The molecule has 0 saturated carbocycles. The number of nitrogens with one attached hydrogen (secondary N) is 1. The molecule has 0 unspecified atom stereocenters. The Morgan fingerprint density at radius 1 is 1.39 bits per heavy atom. The number of nitrogens with zero attached hydrogens (tertiary/aromatic N) is 3. The van der Waals surface area contributed by atoms with Crippen molar-refractivity contribution < 1.29 is 9.53 Å². The topological polar surface area (TPSA) is 95.1 Å². The van der Waals surface area contributed by atoms with E-state index in [0.29, 0.717) is 23.8 Å². The zero-order valence-corrected chi connectivity index (χ0v) is 14.7. The predicted molar refractivity (Wildman–Crippen MR) is 92.4 cm³/mol. The second-order valence-electron chi connectivity index (χ2n) is 6.48. The molecular weight excluding hydrogens is 310 g/mol. The van der Waals surface area contributed by atoms with Crippen LogP contribution in [0.15, 0.2) is 30.6 Å². The predicted octanol–water partition coefficient (Wildman–Crippen LogP) is 2.43. The number of hydrogen-bond donors (Lipinski definition) is 2. The lowest BCUT2D eigenvalue weighted by atomic mass is 10.3. The molecular formula is C15H23N5O2Si. The quantitative estimate of drug-likeness (QED) is 0.571. The largest absolute Gasteiger partial charge is 0.365 e. The van der Waals surface area contributed by atoms with Gasteiger partial charge in [-0.3, -0.25) is 4.79 Å². The first-order chi connectivity index (χ1) is 10.8. The van der Waals surface area contributed by atoms with E-state index in [1.54, 1.807) is 23.1 Å². The smallest absolute Gasteiger partial charge is 0.254 e. The number of nitrogens with two attached hydrogens (primary N) is 1. The van der Waals surface area contributed by atoms with E-state index in [9.17, 15) is 4.79 Å². The van der Waals surface area contributed by atoms with E-state index in [1.165, 1.54) is 0 Å². The first-order valence-corrected chi connectivity index (χ1v) is 11.2. The van der Waals surface area contributed by atoms with Gasteiger partial charge in [0, 0.05) is 27.1 Å². The van der Waals surface area contributed by atoms with Gasteiger partial charge < -0.3 is 15.8 Å². The first-order valence-electron chi connectivity index (χ1n) is 7.48. The van der Waals surface area contributed by atoms with E-state index in [-0.39, 0.29) is 6.73 Å². The zero-order valence-electron chi connectivity index (χ0n) is 13.7. The van der Waals surface area contributed by atoms with Crippen LogP contribution in [0.3, 0.4) is 0 Å². The van der Waals surface area contributed by atoms with Gasteiger partial charge in [0.15, 0.2) is 5.82 Å². The highest BCUT2D eigenvalue weighted by atomic mass is 28.3. The van der Waals surface area contributed by atoms with E-state index in [4.69, 9.17) is 10.5 Å². The highest BCUT2D eigenvalue weighted by Gasteiger charge is 2.15. The molecule has 2 aromatic rings. The number of hydrogen-bond acceptors (Lipinski definition) is 5. The Morgan fingerprint density at radius 2 is 2.17 bits per heavy atom. The third-order valence-corrected chi connectivity index (χ3v) is 4.86. The van der Waals surface area contributed by atoms with Gasteiger partial charge in [-0.25, -0.2) is 9.67 Å². The lowest BCUT2D eigenvalue weighted by Crippen LogP contribution is -2.22. The monoisotopic (exact) mass is 333 g/mol. The molecule has 2 heterocycles. The Labute approximate surface area is 136 Å². The third kappa shape index (κ3) is 5.50. The second kappa shape index (κ2) is 7.38. The summed E-state index contributed by atoms with van der Waals surface area (Å²) in [5.74, 6) is 0.432. The Morgan fingerprint density at radius 3 is 2.78 bits per heavy atom. The summed E-state index contributed by atoms with van der Waals surface area (Å²) in [5.41, 5.74) is 5.72. The average molecular weight is 333 g/mol. The first kappa shape index (κ1) is 17.2. The minimum absolute atomic E-state index is 0.286. The molecule has 124 valence electrons. The molecule has 8 heteroatoms. The van der Waals surface area contributed by atoms with E-state index in [1.807, 2.05) is 12.1 Å². The standard InChI is InChI=1S/C15H23N5O2Si/c1-23(2,3)9-8-22-11-20-10-12(14(16)21)15(19-20)18-13-6-4-5-7-17-13/h4-7,10H,8-9,11H2,1-3H3,(H2,16,21)(H,17,18,19). The number of primary amides is 1. The van der Waals surface area contributed by atoms with Gasteiger partial charge in [0.1, 0.15) is 18.1 Å². The van der Waals surface area contributed by atoms with E-state index in [2.05, 4.69) is 35.0 Å². The van der Waals surface area contributed by atoms with Gasteiger partial charge in [-0.1, -0.05) is 25.7 Å². The van der Waals surface area contributed by atoms with Crippen LogP contribution in [0.5, 0.6) is 0 Å². The molecule has 0 aliphatic heterocycles. The molecule has 0 saturated heterocycles. The molecule has 2 aromatic heterocycles. The summed E-state index contributed by atoms with van der Waals surface area (Å²) in [4.78, 5) is 15.7. The van der Waals surface area contributed by atoms with Crippen molar-refractivity contribution in [3.8, 4) is 0 Å². The molecule has 0 aliphatic rings. The van der Waals surface area contributed by atoms with Crippen molar-refractivity contribution in [2.45, 2.75) is 32.4 Å². The van der Waals surface area contributed by atoms with E-state index < -0.39 is 14.0 Å². The molecule has 0 aromatic carbocycles. The normalized spacial score (nSPS) is 11.4. The molecule has 1 amide bonds. The van der Waals surface area contributed by atoms with Crippen molar-refractivity contribution in [2.75, 3.05) is 11.9 Å². The van der Waals surface area contributed by atoms with Gasteiger partial charge in [-0.05, 0) is 18.2 Å².